The minimum atomic E-state index is -0.254. The monoisotopic (exact) mass is 278 g/mol. The SMILES string of the molecule is CC1CCCC(N2C(=O)C3CCCN3C(=O)C2C)CC1. The van der Waals surface area contributed by atoms with E-state index in [-0.39, 0.29) is 29.9 Å². The van der Waals surface area contributed by atoms with E-state index >= 15 is 0 Å². The predicted molar refractivity (Wildman–Crippen MR) is 77.1 cm³/mol. The van der Waals surface area contributed by atoms with Gasteiger partial charge in [-0.25, -0.2) is 0 Å². The fourth-order valence-corrected chi connectivity index (χ4v) is 4.25. The molecule has 20 heavy (non-hydrogen) atoms. The molecule has 3 aliphatic rings. The van der Waals surface area contributed by atoms with E-state index in [2.05, 4.69) is 6.92 Å². The lowest BCUT2D eigenvalue weighted by Gasteiger charge is -2.44. The Balaban J connectivity index is 1.80. The van der Waals surface area contributed by atoms with E-state index in [9.17, 15) is 9.59 Å². The van der Waals surface area contributed by atoms with Crippen LogP contribution < -0.4 is 0 Å². The fourth-order valence-electron chi connectivity index (χ4n) is 4.25. The quantitative estimate of drug-likeness (QED) is 0.690. The average Bonchev–Trinajstić information content (AvgIpc) is 2.82. The van der Waals surface area contributed by atoms with Gasteiger partial charge in [0, 0.05) is 12.6 Å². The van der Waals surface area contributed by atoms with Crippen LogP contribution in [0.15, 0.2) is 0 Å². The van der Waals surface area contributed by atoms with Crippen LogP contribution >= 0.6 is 0 Å². The molecular formula is C16H26N2O2. The molecule has 1 saturated carbocycles. The third-order valence-electron chi connectivity index (χ3n) is 5.47. The number of hydrogen-bond donors (Lipinski definition) is 0. The second kappa shape index (κ2) is 5.38. The molecule has 3 rings (SSSR count). The van der Waals surface area contributed by atoms with Crippen LogP contribution in [0.1, 0.15) is 58.8 Å². The number of carbonyl (C=O) groups is 2. The molecule has 2 amide bonds. The van der Waals surface area contributed by atoms with Gasteiger partial charge in [0.15, 0.2) is 0 Å². The van der Waals surface area contributed by atoms with Crippen molar-refractivity contribution in [2.24, 2.45) is 5.92 Å². The van der Waals surface area contributed by atoms with E-state index in [0.717, 1.165) is 38.1 Å². The smallest absolute Gasteiger partial charge is 0.246 e. The van der Waals surface area contributed by atoms with Crippen molar-refractivity contribution < 1.29 is 9.59 Å². The first kappa shape index (κ1) is 13.9. The van der Waals surface area contributed by atoms with Crippen LogP contribution in [0.3, 0.4) is 0 Å². The molecule has 0 aromatic heterocycles. The molecule has 0 aromatic rings. The van der Waals surface area contributed by atoms with E-state index in [0.29, 0.717) is 0 Å². The van der Waals surface area contributed by atoms with Gasteiger partial charge in [-0.15, -0.1) is 0 Å². The van der Waals surface area contributed by atoms with Crippen LogP contribution in [0.25, 0.3) is 0 Å². The van der Waals surface area contributed by atoms with Crippen LogP contribution in [0, 0.1) is 5.92 Å². The van der Waals surface area contributed by atoms with Gasteiger partial charge in [0.1, 0.15) is 12.1 Å². The Hall–Kier alpha value is -1.06. The van der Waals surface area contributed by atoms with Gasteiger partial charge in [-0.1, -0.05) is 19.8 Å². The molecule has 2 saturated heterocycles. The maximum Gasteiger partial charge on any atom is 0.246 e. The Morgan fingerprint density at radius 2 is 1.70 bits per heavy atom. The van der Waals surface area contributed by atoms with Crippen LogP contribution in [0.2, 0.25) is 0 Å². The Labute approximate surface area is 121 Å². The van der Waals surface area contributed by atoms with Crippen molar-refractivity contribution in [1.82, 2.24) is 9.80 Å². The maximum atomic E-state index is 12.8. The van der Waals surface area contributed by atoms with E-state index in [1.165, 1.54) is 19.3 Å². The molecule has 4 nitrogen and oxygen atoms in total. The van der Waals surface area contributed by atoms with Crippen LogP contribution in [0.4, 0.5) is 0 Å². The van der Waals surface area contributed by atoms with Gasteiger partial charge >= 0.3 is 0 Å². The van der Waals surface area contributed by atoms with Crippen molar-refractivity contribution in [3.63, 3.8) is 0 Å². The van der Waals surface area contributed by atoms with E-state index in [4.69, 9.17) is 0 Å². The lowest BCUT2D eigenvalue weighted by molar-refractivity contribution is -0.161. The molecule has 2 aliphatic heterocycles. The lowest BCUT2D eigenvalue weighted by Crippen LogP contribution is -2.64. The average molecular weight is 278 g/mol. The summed E-state index contributed by atoms with van der Waals surface area (Å²) in [5.41, 5.74) is 0. The summed E-state index contributed by atoms with van der Waals surface area (Å²) in [4.78, 5) is 29.0. The minimum absolute atomic E-state index is 0.153. The molecule has 1 aliphatic carbocycles. The first-order valence-corrected chi connectivity index (χ1v) is 8.22. The maximum absolute atomic E-state index is 12.8. The van der Waals surface area contributed by atoms with E-state index in [1.54, 1.807) is 0 Å². The zero-order valence-electron chi connectivity index (χ0n) is 12.7. The van der Waals surface area contributed by atoms with Gasteiger partial charge in [0.25, 0.3) is 0 Å². The highest BCUT2D eigenvalue weighted by molar-refractivity contribution is 5.97. The summed E-state index contributed by atoms with van der Waals surface area (Å²) in [7, 11) is 0. The summed E-state index contributed by atoms with van der Waals surface area (Å²) in [6.45, 7) is 4.99. The van der Waals surface area contributed by atoms with Crippen molar-refractivity contribution in [1.29, 1.82) is 0 Å². The summed E-state index contributed by atoms with van der Waals surface area (Å²) in [5, 5.41) is 0. The molecule has 112 valence electrons. The topological polar surface area (TPSA) is 40.6 Å². The highest BCUT2D eigenvalue weighted by Gasteiger charge is 2.47. The molecule has 3 fully saturated rings. The fraction of sp³-hybridized carbons (Fsp3) is 0.875. The zero-order chi connectivity index (χ0) is 14.3. The van der Waals surface area contributed by atoms with Crippen molar-refractivity contribution >= 4 is 11.8 Å². The Bertz CT molecular complexity index is 409. The molecule has 0 spiro atoms. The summed E-state index contributed by atoms with van der Waals surface area (Å²) >= 11 is 0. The van der Waals surface area contributed by atoms with Gasteiger partial charge in [-0.2, -0.15) is 0 Å². The standard InChI is InChI=1S/C16H26N2O2/c1-11-5-3-6-13(9-8-11)18-12(2)15(19)17-10-4-7-14(17)16(18)20/h11-14H,3-10H2,1-2H3. The molecule has 0 N–H and O–H groups in total. The molecule has 0 radical (unpaired) electrons. The number of amides is 2. The third kappa shape index (κ3) is 2.23. The summed E-state index contributed by atoms with van der Waals surface area (Å²) < 4.78 is 0. The Morgan fingerprint density at radius 3 is 2.50 bits per heavy atom. The Morgan fingerprint density at radius 1 is 0.900 bits per heavy atom. The second-order valence-electron chi connectivity index (χ2n) is 6.88. The summed E-state index contributed by atoms with van der Waals surface area (Å²) in [6.07, 6.45) is 7.60. The van der Waals surface area contributed by atoms with Crippen LogP contribution in [-0.2, 0) is 9.59 Å². The van der Waals surface area contributed by atoms with Crippen molar-refractivity contribution in [3.8, 4) is 0 Å². The number of hydrogen-bond acceptors (Lipinski definition) is 2. The number of piperazine rings is 1. The van der Waals surface area contributed by atoms with E-state index in [1.807, 2.05) is 16.7 Å². The van der Waals surface area contributed by atoms with Gasteiger partial charge in [-0.3, -0.25) is 9.59 Å². The zero-order valence-corrected chi connectivity index (χ0v) is 12.7. The summed E-state index contributed by atoms with van der Waals surface area (Å²) in [6, 6.07) is -0.121. The van der Waals surface area contributed by atoms with Crippen LogP contribution in [-0.4, -0.2) is 46.3 Å². The molecule has 4 unspecified atom stereocenters. The molecule has 4 heteroatoms. The Kier molecular flexibility index (Phi) is 3.74. The number of nitrogens with zero attached hydrogens (tertiary/aromatic N) is 2. The van der Waals surface area contributed by atoms with Crippen molar-refractivity contribution in [2.75, 3.05) is 6.54 Å². The third-order valence-corrected chi connectivity index (χ3v) is 5.47. The first-order valence-electron chi connectivity index (χ1n) is 8.22. The lowest BCUT2D eigenvalue weighted by atomic mass is 9.98. The van der Waals surface area contributed by atoms with Crippen molar-refractivity contribution in [3.05, 3.63) is 0 Å². The summed E-state index contributed by atoms with van der Waals surface area (Å²) in [5.74, 6) is 1.15. The van der Waals surface area contributed by atoms with Gasteiger partial charge in [0.05, 0.1) is 0 Å². The second-order valence-corrected chi connectivity index (χ2v) is 6.88. The van der Waals surface area contributed by atoms with Crippen LogP contribution in [0.5, 0.6) is 0 Å². The molecule has 2 heterocycles. The number of rotatable bonds is 1. The van der Waals surface area contributed by atoms with E-state index < -0.39 is 0 Å². The van der Waals surface area contributed by atoms with Crippen molar-refractivity contribution in [2.45, 2.75) is 76.9 Å². The number of carbonyl (C=O) groups excluding carboxylic acids is 2. The highest BCUT2D eigenvalue weighted by Crippen LogP contribution is 2.33. The first-order chi connectivity index (χ1) is 9.59. The van der Waals surface area contributed by atoms with Gasteiger partial charge in [-0.05, 0) is 44.9 Å². The molecule has 0 bridgehead atoms. The predicted octanol–water partition coefficient (Wildman–Crippen LogP) is 2.18. The highest BCUT2D eigenvalue weighted by atomic mass is 16.2. The molecule has 4 atom stereocenters. The molecule has 0 aromatic carbocycles. The minimum Gasteiger partial charge on any atom is -0.329 e. The normalized spacial score (nSPS) is 38.9. The molecular weight excluding hydrogens is 252 g/mol. The largest absolute Gasteiger partial charge is 0.329 e. The van der Waals surface area contributed by atoms with Gasteiger partial charge in [0.2, 0.25) is 11.8 Å². The number of fused-ring (bicyclic) bond motifs is 1. The van der Waals surface area contributed by atoms with Gasteiger partial charge < -0.3 is 9.80 Å².